The Labute approximate surface area is 213 Å². The Kier molecular flexibility index (Phi) is 9.57. The van der Waals surface area contributed by atoms with E-state index in [9.17, 15) is 22.8 Å². The summed E-state index contributed by atoms with van der Waals surface area (Å²) in [5.41, 5.74) is 14.3. The smallest absolute Gasteiger partial charge is 0.411 e. The van der Waals surface area contributed by atoms with E-state index in [4.69, 9.17) is 25.7 Å². The van der Waals surface area contributed by atoms with Crippen molar-refractivity contribution in [1.29, 1.82) is 0 Å². The molecule has 2 aromatic rings. The monoisotopic (exact) mass is 520 g/mol. The van der Waals surface area contributed by atoms with Crippen LogP contribution in [0, 0.1) is 5.92 Å². The summed E-state index contributed by atoms with van der Waals surface area (Å²) in [6.07, 6.45) is -0.391. The van der Waals surface area contributed by atoms with Gasteiger partial charge >= 0.3 is 18.1 Å². The van der Waals surface area contributed by atoms with Gasteiger partial charge in [0.15, 0.2) is 0 Å². The molecule has 1 saturated carbocycles. The number of ether oxygens (including phenoxy) is 3. The van der Waals surface area contributed by atoms with Crippen molar-refractivity contribution in [3.05, 3.63) is 59.7 Å². The maximum absolute atomic E-state index is 12.4. The zero-order valence-electron chi connectivity index (χ0n) is 20.5. The van der Waals surface area contributed by atoms with Crippen molar-refractivity contribution in [3.63, 3.8) is 0 Å². The maximum Gasteiger partial charge on any atom is 0.411 e. The highest BCUT2D eigenvalue weighted by molar-refractivity contribution is 5.87. The Balaban J connectivity index is 1.41. The van der Waals surface area contributed by atoms with Crippen LogP contribution >= 0.6 is 0 Å². The lowest BCUT2D eigenvalue weighted by Crippen LogP contribution is -2.31. The topological polar surface area (TPSA) is 114 Å². The number of rotatable bonds is 9. The van der Waals surface area contributed by atoms with E-state index in [1.165, 1.54) is 6.08 Å². The number of anilines is 2. The van der Waals surface area contributed by atoms with E-state index >= 15 is 0 Å². The van der Waals surface area contributed by atoms with E-state index in [0.29, 0.717) is 48.4 Å². The van der Waals surface area contributed by atoms with Crippen LogP contribution in [0.25, 0.3) is 6.08 Å². The van der Waals surface area contributed by atoms with Crippen molar-refractivity contribution in [2.24, 2.45) is 5.92 Å². The van der Waals surface area contributed by atoms with Crippen molar-refractivity contribution < 1.29 is 37.0 Å². The lowest BCUT2D eigenvalue weighted by atomic mass is 9.87. The number of hydrogen-bond donors (Lipinski definition) is 2. The van der Waals surface area contributed by atoms with Crippen molar-refractivity contribution in [1.82, 2.24) is 0 Å². The molecular formula is C27H31F3N2O5. The number of halogens is 3. The van der Waals surface area contributed by atoms with Crippen molar-refractivity contribution in [2.75, 3.05) is 24.7 Å². The van der Waals surface area contributed by atoms with Crippen LogP contribution < -0.4 is 16.2 Å². The SMILES string of the molecule is CC(COC(=O)C=Cc1ccc(OC(=O)C2CCC(OCC(F)(F)F)CC2)cc1)c1cc(N)cc(N)c1. The van der Waals surface area contributed by atoms with Gasteiger partial charge in [0.2, 0.25) is 0 Å². The first-order valence-corrected chi connectivity index (χ1v) is 12.0. The summed E-state index contributed by atoms with van der Waals surface area (Å²) in [5.74, 6) is -1.05. The number of benzene rings is 2. The fourth-order valence-corrected chi connectivity index (χ4v) is 4.03. The first-order valence-electron chi connectivity index (χ1n) is 12.0. The molecule has 4 N–H and O–H groups in total. The molecule has 0 radical (unpaired) electrons. The molecule has 0 bridgehead atoms. The molecule has 0 aliphatic heterocycles. The Morgan fingerprint density at radius 1 is 1.03 bits per heavy atom. The second kappa shape index (κ2) is 12.6. The molecule has 37 heavy (non-hydrogen) atoms. The molecule has 3 rings (SSSR count). The van der Waals surface area contributed by atoms with E-state index in [-0.39, 0.29) is 18.4 Å². The Morgan fingerprint density at radius 3 is 2.24 bits per heavy atom. The molecule has 0 saturated heterocycles. The molecule has 1 fully saturated rings. The van der Waals surface area contributed by atoms with Gasteiger partial charge in [0.25, 0.3) is 0 Å². The summed E-state index contributed by atoms with van der Waals surface area (Å²) < 4.78 is 52.4. The highest BCUT2D eigenvalue weighted by Crippen LogP contribution is 2.29. The zero-order chi connectivity index (χ0) is 27.0. The van der Waals surface area contributed by atoms with Crippen LogP contribution in [0.5, 0.6) is 5.75 Å². The van der Waals surface area contributed by atoms with Crippen LogP contribution in [0.1, 0.15) is 49.7 Å². The summed E-state index contributed by atoms with van der Waals surface area (Å²) in [6, 6.07) is 11.8. The third kappa shape index (κ3) is 9.45. The molecule has 1 aliphatic rings. The van der Waals surface area contributed by atoms with Gasteiger partial charge in [0.1, 0.15) is 12.4 Å². The normalized spacial score (nSPS) is 18.9. The van der Waals surface area contributed by atoms with E-state index in [1.54, 1.807) is 48.5 Å². The third-order valence-corrected chi connectivity index (χ3v) is 6.05. The molecule has 1 atom stereocenters. The number of carbonyl (C=O) groups is 2. The van der Waals surface area contributed by atoms with Gasteiger partial charge in [-0.25, -0.2) is 4.79 Å². The molecule has 200 valence electrons. The predicted octanol–water partition coefficient (Wildman–Crippen LogP) is 5.25. The first kappa shape index (κ1) is 28.0. The van der Waals surface area contributed by atoms with Gasteiger partial charge in [0, 0.05) is 23.4 Å². The molecule has 0 heterocycles. The number of carbonyl (C=O) groups excluding carboxylic acids is 2. The van der Waals surface area contributed by atoms with Gasteiger partial charge in [-0.15, -0.1) is 0 Å². The van der Waals surface area contributed by atoms with E-state index in [2.05, 4.69) is 0 Å². The summed E-state index contributed by atoms with van der Waals surface area (Å²) in [4.78, 5) is 24.5. The highest BCUT2D eigenvalue weighted by atomic mass is 19.4. The Hall–Kier alpha value is -3.53. The van der Waals surface area contributed by atoms with Crippen molar-refractivity contribution in [2.45, 2.75) is 50.8 Å². The van der Waals surface area contributed by atoms with Gasteiger partial charge in [0.05, 0.1) is 18.6 Å². The summed E-state index contributed by atoms with van der Waals surface area (Å²) in [6.45, 7) is 0.791. The molecule has 1 unspecified atom stereocenters. The standard InChI is InChI=1S/C27H31F3N2O5/c1-17(20-12-21(31)14-22(32)13-20)15-35-25(33)11-4-18-2-7-24(8-3-18)37-26(34)19-5-9-23(10-6-19)36-16-27(28,29)30/h2-4,7-8,11-14,17,19,23H,5-6,9-10,15-16,31-32H2,1H3. The zero-order valence-corrected chi connectivity index (χ0v) is 20.5. The number of nitrogen functional groups attached to an aromatic ring is 2. The third-order valence-electron chi connectivity index (χ3n) is 6.05. The molecule has 2 aromatic carbocycles. The fraction of sp³-hybridized carbons (Fsp3) is 0.407. The Morgan fingerprint density at radius 2 is 1.65 bits per heavy atom. The molecule has 7 nitrogen and oxygen atoms in total. The summed E-state index contributed by atoms with van der Waals surface area (Å²) in [7, 11) is 0. The summed E-state index contributed by atoms with van der Waals surface area (Å²) in [5, 5.41) is 0. The quantitative estimate of drug-likeness (QED) is 0.201. The van der Waals surface area contributed by atoms with Crippen molar-refractivity contribution in [3.8, 4) is 5.75 Å². The Bertz CT molecular complexity index is 1070. The first-order chi connectivity index (χ1) is 17.5. The van der Waals surface area contributed by atoms with Gasteiger partial charge in [-0.05, 0) is 73.2 Å². The van der Waals surface area contributed by atoms with Crippen LogP contribution in [0.2, 0.25) is 0 Å². The maximum atomic E-state index is 12.4. The highest BCUT2D eigenvalue weighted by Gasteiger charge is 2.32. The second-order valence-corrected chi connectivity index (χ2v) is 9.19. The van der Waals surface area contributed by atoms with Crippen LogP contribution in [-0.2, 0) is 19.1 Å². The number of alkyl halides is 3. The molecule has 10 heteroatoms. The molecule has 0 aromatic heterocycles. The molecular weight excluding hydrogens is 489 g/mol. The molecule has 0 spiro atoms. The largest absolute Gasteiger partial charge is 0.462 e. The summed E-state index contributed by atoms with van der Waals surface area (Å²) >= 11 is 0. The molecule has 0 amide bonds. The predicted molar refractivity (Wildman–Crippen MR) is 134 cm³/mol. The second-order valence-electron chi connectivity index (χ2n) is 9.19. The van der Waals surface area contributed by atoms with E-state index < -0.39 is 30.8 Å². The van der Waals surface area contributed by atoms with E-state index in [0.717, 1.165) is 5.56 Å². The number of hydrogen-bond acceptors (Lipinski definition) is 7. The minimum absolute atomic E-state index is 0.0837. The van der Waals surface area contributed by atoms with Gasteiger partial charge < -0.3 is 25.7 Å². The fourth-order valence-electron chi connectivity index (χ4n) is 4.03. The number of nitrogens with two attached hydrogens (primary N) is 2. The van der Waals surface area contributed by atoms with Gasteiger partial charge in [-0.2, -0.15) is 13.2 Å². The van der Waals surface area contributed by atoms with Crippen LogP contribution in [-0.4, -0.2) is 37.4 Å². The van der Waals surface area contributed by atoms with Gasteiger partial charge in [-0.3, -0.25) is 4.79 Å². The number of esters is 2. The minimum Gasteiger partial charge on any atom is -0.462 e. The minimum atomic E-state index is -4.36. The van der Waals surface area contributed by atoms with Crippen molar-refractivity contribution >= 4 is 29.4 Å². The van der Waals surface area contributed by atoms with Crippen LogP contribution in [0.15, 0.2) is 48.5 Å². The van der Waals surface area contributed by atoms with E-state index in [1.807, 2.05) is 6.92 Å². The molecule has 1 aliphatic carbocycles. The lowest BCUT2D eigenvalue weighted by molar-refractivity contribution is -0.189. The average Bonchev–Trinajstić information content (AvgIpc) is 2.85. The van der Waals surface area contributed by atoms with Crippen LogP contribution in [0.3, 0.4) is 0 Å². The van der Waals surface area contributed by atoms with Crippen LogP contribution in [0.4, 0.5) is 24.5 Å². The lowest BCUT2D eigenvalue weighted by Gasteiger charge is -2.27. The van der Waals surface area contributed by atoms with Gasteiger partial charge in [-0.1, -0.05) is 19.1 Å². The average molecular weight is 521 g/mol.